The fourth-order valence-corrected chi connectivity index (χ4v) is 2.76. The zero-order valence-electron chi connectivity index (χ0n) is 12.2. The van der Waals surface area contributed by atoms with Gasteiger partial charge in [0.05, 0.1) is 13.2 Å². The van der Waals surface area contributed by atoms with Gasteiger partial charge < -0.3 is 10.1 Å². The molecule has 0 amide bonds. The van der Waals surface area contributed by atoms with E-state index < -0.39 is 0 Å². The Kier molecular flexibility index (Phi) is 6.09. The molecule has 2 aromatic carbocycles. The molecule has 0 saturated carbocycles. The SMILES string of the molecule is CCCNC(c1ccc(Br)cc1)c1ccc(OC)cc1Cl. The van der Waals surface area contributed by atoms with Crippen molar-refractivity contribution < 1.29 is 4.74 Å². The second-order valence-corrected chi connectivity index (χ2v) is 6.15. The summed E-state index contributed by atoms with van der Waals surface area (Å²) in [6.45, 7) is 3.09. The van der Waals surface area contributed by atoms with Crippen LogP contribution < -0.4 is 10.1 Å². The molecule has 2 nitrogen and oxygen atoms in total. The maximum atomic E-state index is 6.43. The average Bonchev–Trinajstić information content (AvgIpc) is 2.50. The molecule has 2 aromatic rings. The highest BCUT2D eigenvalue weighted by Crippen LogP contribution is 2.31. The third-order valence-corrected chi connectivity index (χ3v) is 4.18. The number of hydrogen-bond donors (Lipinski definition) is 1. The lowest BCUT2D eigenvalue weighted by Gasteiger charge is -2.21. The fraction of sp³-hybridized carbons (Fsp3) is 0.294. The van der Waals surface area contributed by atoms with Crippen molar-refractivity contribution in [2.45, 2.75) is 19.4 Å². The standard InChI is InChI=1S/C17H19BrClNO/c1-3-10-20-17(12-4-6-13(18)7-5-12)15-9-8-14(21-2)11-16(15)19/h4-9,11,17,20H,3,10H2,1-2H3. The van der Waals surface area contributed by atoms with Gasteiger partial charge in [-0.15, -0.1) is 0 Å². The van der Waals surface area contributed by atoms with Crippen LogP contribution in [0, 0.1) is 0 Å². The summed E-state index contributed by atoms with van der Waals surface area (Å²) < 4.78 is 6.29. The number of ether oxygens (including phenoxy) is 1. The molecule has 1 atom stereocenters. The van der Waals surface area contributed by atoms with Crippen molar-refractivity contribution in [3.63, 3.8) is 0 Å². The van der Waals surface area contributed by atoms with Gasteiger partial charge in [0.15, 0.2) is 0 Å². The lowest BCUT2D eigenvalue weighted by atomic mass is 9.98. The van der Waals surface area contributed by atoms with Crippen LogP contribution in [-0.4, -0.2) is 13.7 Å². The van der Waals surface area contributed by atoms with Gasteiger partial charge in [-0.1, -0.05) is 52.7 Å². The van der Waals surface area contributed by atoms with E-state index in [1.54, 1.807) is 7.11 Å². The molecule has 0 aromatic heterocycles. The maximum absolute atomic E-state index is 6.43. The van der Waals surface area contributed by atoms with Crippen molar-refractivity contribution in [1.82, 2.24) is 5.32 Å². The maximum Gasteiger partial charge on any atom is 0.120 e. The van der Waals surface area contributed by atoms with Crippen LogP contribution in [0.2, 0.25) is 5.02 Å². The Bertz CT molecular complexity index is 586. The van der Waals surface area contributed by atoms with Gasteiger partial charge in [0, 0.05) is 9.50 Å². The summed E-state index contributed by atoms with van der Waals surface area (Å²) in [5, 5.41) is 4.27. The Balaban J connectivity index is 2.37. The van der Waals surface area contributed by atoms with Gasteiger partial charge in [-0.3, -0.25) is 0 Å². The smallest absolute Gasteiger partial charge is 0.120 e. The molecule has 2 rings (SSSR count). The second-order valence-electron chi connectivity index (χ2n) is 4.83. The number of hydrogen-bond acceptors (Lipinski definition) is 2. The Morgan fingerprint density at radius 1 is 1.19 bits per heavy atom. The number of benzene rings is 2. The molecular weight excluding hydrogens is 350 g/mol. The minimum absolute atomic E-state index is 0.0801. The summed E-state index contributed by atoms with van der Waals surface area (Å²) in [5.41, 5.74) is 2.26. The summed E-state index contributed by atoms with van der Waals surface area (Å²) in [6.07, 6.45) is 1.07. The predicted octanol–water partition coefficient (Wildman–Crippen LogP) is 5.20. The van der Waals surface area contributed by atoms with Crippen molar-refractivity contribution in [3.8, 4) is 5.75 Å². The predicted molar refractivity (Wildman–Crippen MR) is 92.3 cm³/mol. The van der Waals surface area contributed by atoms with Crippen LogP contribution in [0.25, 0.3) is 0 Å². The van der Waals surface area contributed by atoms with Gasteiger partial charge >= 0.3 is 0 Å². The molecule has 0 spiro atoms. The van der Waals surface area contributed by atoms with Gasteiger partial charge in [0.25, 0.3) is 0 Å². The zero-order valence-corrected chi connectivity index (χ0v) is 14.5. The molecule has 1 N–H and O–H groups in total. The van der Waals surface area contributed by atoms with Crippen LogP contribution in [-0.2, 0) is 0 Å². The summed E-state index contributed by atoms with van der Waals surface area (Å²) >= 11 is 9.91. The molecule has 0 aliphatic carbocycles. The number of rotatable bonds is 6. The number of halogens is 2. The second kappa shape index (κ2) is 7.83. The summed E-state index contributed by atoms with van der Waals surface area (Å²) in [7, 11) is 1.65. The molecule has 4 heteroatoms. The van der Waals surface area contributed by atoms with Crippen LogP contribution in [0.4, 0.5) is 0 Å². The Labute approximate surface area is 139 Å². The van der Waals surface area contributed by atoms with Gasteiger partial charge in [0.1, 0.15) is 5.75 Å². The fourth-order valence-electron chi connectivity index (χ4n) is 2.22. The van der Waals surface area contributed by atoms with Gasteiger partial charge in [-0.2, -0.15) is 0 Å². The van der Waals surface area contributed by atoms with Crippen LogP contribution in [0.1, 0.15) is 30.5 Å². The molecule has 0 heterocycles. The van der Waals surface area contributed by atoms with E-state index in [2.05, 4.69) is 40.3 Å². The van der Waals surface area contributed by atoms with Crippen LogP contribution >= 0.6 is 27.5 Å². The first-order chi connectivity index (χ1) is 10.2. The summed E-state index contributed by atoms with van der Waals surface area (Å²) in [6, 6.07) is 14.2. The van der Waals surface area contributed by atoms with Gasteiger partial charge in [-0.25, -0.2) is 0 Å². The largest absolute Gasteiger partial charge is 0.497 e. The molecular formula is C17H19BrClNO. The third kappa shape index (κ3) is 4.22. The Hall–Kier alpha value is -1.03. The van der Waals surface area contributed by atoms with Crippen LogP contribution in [0.5, 0.6) is 5.75 Å². The van der Waals surface area contributed by atoms with Crippen molar-refractivity contribution >= 4 is 27.5 Å². The summed E-state index contributed by atoms with van der Waals surface area (Å²) in [4.78, 5) is 0. The minimum atomic E-state index is 0.0801. The number of nitrogens with one attached hydrogen (secondary N) is 1. The zero-order chi connectivity index (χ0) is 15.2. The van der Waals surface area contributed by atoms with E-state index in [-0.39, 0.29) is 6.04 Å². The summed E-state index contributed by atoms with van der Waals surface area (Å²) in [5.74, 6) is 0.772. The molecule has 0 saturated heterocycles. The monoisotopic (exact) mass is 367 g/mol. The first-order valence-electron chi connectivity index (χ1n) is 6.98. The lowest BCUT2D eigenvalue weighted by molar-refractivity contribution is 0.414. The van der Waals surface area contributed by atoms with E-state index in [0.29, 0.717) is 5.02 Å². The van der Waals surface area contributed by atoms with E-state index in [1.807, 2.05) is 30.3 Å². The number of methoxy groups -OCH3 is 1. The first kappa shape index (κ1) is 16.3. The molecule has 0 aliphatic rings. The Morgan fingerprint density at radius 3 is 2.48 bits per heavy atom. The first-order valence-corrected chi connectivity index (χ1v) is 8.15. The minimum Gasteiger partial charge on any atom is -0.497 e. The van der Waals surface area contributed by atoms with Crippen LogP contribution in [0.3, 0.4) is 0 Å². The van der Waals surface area contributed by atoms with Crippen molar-refractivity contribution in [3.05, 3.63) is 63.1 Å². The van der Waals surface area contributed by atoms with Crippen molar-refractivity contribution in [1.29, 1.82) is 0 Å². The molecule has 112 valence electrons. The molecule has 0 radical (unpaired) electrons. The van der Waals surface area contributed by atoms with Gasteiger partial charge in [-0.05, 0) is 48.4 Å². The average molecular weight is 369 g/mol. The normalized spacial score (nSPS) is 12.2. The van der Waals surface area contributed by atoms with Crippen LogP contribution in [0.15, 0.2) is 46.9 Å². The topological polar surface area (TPSA) is 21.3 Å². The quantitative estimate of drug-likeness (QED) is 0.756. The van der Waals surface area contributed by atoms with Crippen molar-refractivity contribution in [2.24, 2.45) is 0 Å². The molecule has 1 unspecified atom stereocenters. The van der Waals surface area contributed by atoms with E-state index in [9.17, 15) is 0 Å². The van der Waals surface area contributed by atoms with Gasteiger partial charge in [0.2, 0.25) is 0 Å². The van der Waals surface area contributed by atoms with E-state index in [0.717, 1.165) is 28.8 Å². The molecule has 0 fully saturated rings. The third-order valence-electron chi connectivity index (χ3n) is 3.32. The van der Waals surface area contributed by atoms with Crippen molar-refractivity contribution in [2.75, 3.05) is 13.7 Å². The molecule has 0 aliphatic heterocycles. The van der Waals surface area contributed by atoms with E-state index >= 15 is 0 Å². The lowest BCUT2D eigenvalue weighted by Crippen LogP contribution is -2.23. The molecule has 21 heavy (non-hydrogen) atoms. The van der Waals surface area contributed by atoms with E-state index in [1.165, 1.54) is 5.56 Å². The highest BCUT2D eigenvalue weighted by molar-refractivity contribution is 9.10. The highest BCUT2D eigenvalue weighted by atomic mass is 79.9. The Morgan fingerprint density at radius 2 is 1.90 bits per heavy atom. The molecule has 0 bridgehead atoms. The van der Waals surface area contributed by atoms with E-state index in [4.69, 9.17) is 16.3 Å². The highest BCUT2D eigenvalue weighted by Gasteiger charge is 2.16.